The van der Waals surface area contributed by atoms with Gasteiger partial charge >= 0.3 is 0 Å². The van der Waals surface area contributed by atoms with Gasteiger partial charge in [-0.15, -0.1) is 0 Å². The maximum atomic E-state index is 13.1. The molecule has 0 saturated carbocycles. The summed E-state index contributed by atoms with van der Waals surface area (Å²) in [7, 11) is 0. The van der Waals surface area contributed by atoms with Crippen molar-refractivity contribution < 1.29 is 14.3 Å². The standard InChI is InChI=1S/C22H31N3O3/c1-21(2,3)13-20(26)24(15-19-16-27-22(4,5)28-19)14-18-11-12-23-25(18)17-9-7-6-8-10-17/h6-12,19H,13-16H2,1-5H3/t19-/m0/s1. The van der Waals surface area contributed by atoms with Gasteiger partial charge in [-0.3, -0.25) is 4.79 Å². The molecule has 1 aliphatic rings. The van der Waals surface area contributed by atoms with Crippen LogP contribution in [0.2, 0.25) is 0 Å². The van der Waals surface area contributed by atoms with E-state index in [4.69, 9.17) is 9.47 Å². The zero-order valence-electron chi connectivity index (χ0n) is 17.5. The van der Waals surface area contributed by atoms with Crippen LogP contribution in [0.3, 0.4) is 0 Å². The molecule has 1 aliphatic heterocycles. The average Bonchev–Trinajstić information content (AvgIpc) is 3.19. The lowest BCUT2D eigenvalue weighted by Gasteiger charge is -2.29. The predicted octanol–water partition coefficient (Wildman–Crippen LogP) is 3.79. The minimum atomic E-state index is -0.602. The summed E-state index contributed by atoms with van der Waals surface area (Å²) in [6, 6.07) is 11.9. The Bertz CT molecular complexity index is 793. The maximum Gasteiger partial charge on any atom is 0.223 e. The number of aromatic nitrogens is 2. The quantitative estimate of drug-likeness (QED) is 0.759. The normalized spacial score (nSPS) is 19.0. The molecule has 1 aromatic carbocycles. The van der Waals surface area contributed by atoms with Gasteiger partial charge in [-0.2, -0.15) is 5.10 Å². The van der Waals surface area contributed by atoms with Gasteiger partial charge in [0.25, 0.3) is 0 Å². The van der Waals surface area contributed by atoms with Crippen LogP contribution in [-0.2, 0) is 20.8 Å². The molecule has 1 aromatic heterocycles. The Morgan fingerprint density at radius 1 is 1.25 bits per heavy atom. The van der Waals surface area contributed by atoms with Gasteiger partial charge in [-0.1, -0.05) is 39.0 Å². The third-order valence-corrected chi connectivity index (χ3v) is 4.60. The van der Waals surface area contributed by atoms with E-state index in [9.17, 15) is 4.79 Å². The molecule has 28 heavy (non-hydrogen) atoms. The lowest BCUT2D eigenvalue weighted by molar-refractivity contribution is -0.147. The van der Waals surface area contributed by atoms with E-state index in [1.54, 1.807) is 6.20 Å². The molecule has 0 radical (unpaired) electrons. The largest absolute Gasteiger partial charge is 0.348 e. The molecule has 152 valence electrons. The van der Waals surface area contributed by atoms with Crippen LogP contribution < -0.4 is 0 Å². The molecule has 6 heteroatoms. The van der Waals surface area contributed by atoms with Crippen LogP contribution in [0.4, 0.5) is 0 Å². The highest BCUT2D eigenvalue weighted by atomic mass is 16.7. The monoisotopic (exact) mass is 385 g/mol. The third kappa shape index (κ3) is 5.42. The van der Waals surface area contributed by atoms with Gasteiger partial charge in [-0.05, 0) is 37.5 Å². The number of hydrogen-bond acceptors (Lipinski definition) is 4. The molecule has 0 unspecified atom stereocenters. The second-order valence-corrected chi connectivity index (χ2v) is 9.03. The fourth-order valence-electron chi connectivity index (χ4n) is 3.37. The summed E-state index contributed by atoms with van der Waals surface area (Å²) in [5.74, 6) is -0.489. The van der Waals surface area contributed by atoms with Crippen molar-refractivity contribution >= 4 is 5.91 Å². The van der Waals surface area contributed by atoms with Crippen molar-refractivity contribution in [3.05, 3.63) is 48.3 Å². The number of amides is 1. The molecule has 0 N–H and O–H groups in total. The summed E-state index contributed by atoms with van der Waals surface area (Å²) in [5.41, 5.74) is 1.86. The van der Waals surface area contributed by atoms with Gasteiger partial charge in [0.15, 0.2) is 5.79 Å². The maximum absolute atomic E-state index is 13.1. The van der Waals surface area contributed by atoms with Gasteiger partial charge in [-0.25, -0.2) is 4.68 Å². The molecule has 6 nitrogen and oxygen atoms in total. The second-order valence-electron chi connectivity index (χ2n) is 9.03. The fraction of sp³-hybridized carbons (Fsp3) is 0.545. The molecule has 0 bridgehead atoms. The topological polar surface area (TPSA) is 56.6 Å². The lowest BCUT2D eigenvalue weighted by atomic mass is 9.91. The van der Waals surface area contributed by atoms with E-state index in [0.29, 0.717) is 26.1 Å². The van der Waals surface area contributed by atoms with Crippen molar-refractivity contribution in [3.8, 4) is 5.69 Å². The molecule has 1 fully saturated rings. The number of para-hydroxylation sites is 1. The number of carbonyl (C=O) groups excluding carboxylic acids is 1. The van der Waals surface area contributed by atoms with E-state index in [2.05, 4.69) is 25.9 Å². The first-order valence-corrected chi connectivity index (χ1v) is 9.81. The van der Waals surface area contributed by atoms with Crippen LogP contribution in [0.5, 0.6) is 0 Å². The number of ether oxygens (including phenoxy) is 2. The third-order valence-electron chi connectivity index (χ3n) is 4.60. The van der Waals surface area contributed by atoms with E-state index < -0.39 is 5.79 Å². The second kappa shape index (κ2) is 8.05. The summed E-state index contributed by atoms with van der Waals surface area (Å²) < 4.78 is 13.5. The minimum Gasteiger partial charge on any atom is -0.348 e. The highest BCUT2D eigenvalue weighted by Crippen LogP contribution is 2.25. The Kier molecular flexibility index (Phi) is 5.91. The number of benzene rings is 1. The molecular weight excluding hydrogens is 354 g/mol. The van der Waals surface area contributed by atoms with Crippen molar-refractivity contribution in [1.29, 1.82) is 0 Å². The van der Waals surface area contributed by atoms with E-state index in [1.165, 1.54) is 0 Å². The summed E-state index contributed by atoms with van der Waals surface area (Å²) in [5, 5.41) is 4.45. The van der Waals surface area contributed by atoms with Crippen molar-refractivity contribution in [2.45, 2.75) is 59.5 Å². The van der Waals surface area contributed by atoms with Gasteiger partial charge in [0.2, 0.25) is 5.91 Å². The molecule has 1 saturated heterocycles. The number of nitrogens with zero attached hydrogens (tertiary/aromatic N) is 3. The highest BCUT2D eigenvalue weighted by Gasteiger charge is 2.35. The Balaban J connectivity index is 1.80. The first-order chi connectivity index (χ1) is 13.1. The Labute approximate surface area is 167 Å². The molecule has 1 amide bonds. The molecule has 2 aromatic rings. The summed E-state index contributed by atoms with van der Waals surface area (Å²) in [4.78, 5) is 15.0. The van der Waals surface area contributed by atoms with Crippen molar-refractivity contribution in [3.63, 3.8) is 0 Å². The SMILES string of the molecule is CC(C)(C)CC(=O)N(Cc1ccnn1-c1ccccc1)C[C@H]1COC(C)(C)O1. The fourth-order valence-corrected chi connectivity index (χ4v) is 3.37. The summed E-state index contributed by atoms with van der Waals surface area (Å²) in [6.45, 7) is 11.5. The first-order valence-electron chi connectivity index (χ1n) is 9.81. The predicted molar refractivity (Wildman–Crippen MR) is 108 cm³/mol. The number of carbonyl (C=O) groups is 1. The van der Waals surface area contributed by atoms with E-state index in [0.717, 1.165) is 11.4 Å². The molecule has 1 atom stereocenters. The van der Waals surface area contributed by atoms with Crippen LogP contribution in [0.15, 0.2) is 42.6 Å². The number of rotatable bonds is 6. The smallest absolute Gasteiger partial charge is 0.223 e. The van der Waals surface area contributed by atoms with Crippen molar-refractivity contribution in [2.75, 3.05) is 13.2 Å². The van der Waals surface area contributed by atoms with E-state index in [1.807, 2.05) is 59.8 Å². The highest BCUT2D eigenvalue weighted by molar-refractivity contribution is 5.76. The molecule has 0 aliphatic carbocycles. The zero-order valence-corrected chi connectivity index (χ0v) is 17.5. The lowest BCUT2D eigenvalue weighted by Crippen LogP contribution is -2.40. The van der Waals surface area contributed by atoms with Crippen LogP contribution in [0.1, 0.15) is 46.7 Å². The zero-order chi connectivity index (χ0) is 20.4. The Morgan fingerprint density at radius 3 is 2.57 bits per heavy atom. The molecule has 0 spiro atoms. The van der Waals surface area contributed by atoms with E-state index >= 15 is 0 Å². The van der Waals surface area contributed by atoms with Crippen molar-refractivity contribution in [2.24, 2.45) is 5.41 Å². The van der Waals surface area contributed by atoms with Crippen LogP contribution in [-0.4, -0.2) is 45.6 Å². The average molecular weight is 386 g/mol. The molecule has 3 rings (SSSR count). The van der Waals surface area contributed by atoms with Gasteiger partial charge < -0.3 is 14.4 Å². The minimum absolute atomic E-state index is 0.0820. The van der Waals surface area contributed by atoms with E-state index in [-0.39, 0.29) is 17.4 Å². The summed E-state index contributed by atoms with van der Waals surface area (Å²) in [6.07, 6.45) is 2.11. The number of hydrogen-bond donors (Lipinski definition) is 0. The Morgan fingerprint density at radius 2 is 1.96 bits per heavy atom. The van der Waals surface area contributed by atoms with Gasteiger partial charge in [0.05, 0.1) is 24.5 Å². The van der Waals surface area contributed by atoms with Gasteiger partial charge in [0.1, 0.15) is 6.10 Å². The van der Waals surface area contributed by atoms with Crippen molar-refractivity contribution in [1.82, 2.24) is 14.7 Å². The molecular formula is C22H31N3O3. The van der Waals surface area contributed by atoms with Crippen LogP contribution in [0, 0.1) is 5.41 Å². The summed E-state index contributed by atoms with van der Waals surface area (Å²) >= 11 is 0. The van der Waals surface area contributed by atoms with Gasteiger partial charge in [0, 0.05) is 19.2 Å². The first kappa shape index (κ1) is 20.6. The molecule has 2 heterocycles. The Hall–Kier alpha value is -2.18. The van der Waals surface area contributed by atoms with Crippen LogP contribution in [0.25, 0.3) is 5.69 Å². The van der Waals surface area contributed by atoms with Crippen LogP contribution >= 0.6 is 0 Å².